The van der Waals surface area contributed by atoms with Crippen LogP contribution >= 0.6 is 23.2 Å². The summed E-state index contributed by atoms with van der Waals surface area (Å²) in [6, 6.07) is 11.1. The zero-order valence-corrected chi connectivity index (χ0v) is 15.9. The highest BCUT2D eigenvalue weighted by Crippen LogP contribution is 2.32. The van der Waals surface area contributed by atoms with Gasteiger partial charge in [-0.2, -0.15) is 0 Å². The van der Waals surface area contributed by atoms with E-state index in [2.05, 4.69) is 5.32 Å². The predicted molar refractivity (Wildman–Crippen MR) is 102 cm³/mol. The average molecular weight is 384 g/mol. The van der Waals surface area contributed by atoms with Gasteiger partial charge in [0.05, 0.1) is 13.7 Å². The highest BCUT2D eigenvalue weighted by Gasteiger charge is 2.13. The Bertz CT molecular complexity index is 690. The summed E-state index contributed by atoms with van der Waals surface area (Å²) in [6.07, 6.45) is 0.844. The van der Waals surface area contributed by atoms with E-state index in [9.17, 15) is 5.11 Å². The summed E-state index contributed by atoms with van der Waals surface area (Å²) in [5, 5.41) is 13.8. The number of ether oxygens (including phenoxy) is 2. The van der Waals surface area contributed by atoms with Gasteiger partial charge < -0.3 is 19.9 Å². The van der Waals surface area contributed by atoms with Crippen molar-refractivity contribution in [2.75, 3.05) is 13.7 Å². The van der Waals surface area contributed by atoms with Gasteiger partial charge in [0, 0.05) is 33.8 Å². The maximum absolute atomic E-state index is 9.34. The summed E-state index contributed by atoms with van der Waals surface area (Å²) < 4.78 is 11.4. The van der Waals surface area contributed by atoms with Crippen molar-refractivity contribution in [2.45, 2.75) is 32.5 Å². The van der Waals surface area contributed by atoms with Crippen LogP contribution in [0.3, 0.4) is 0 Å². The first kappa shape index (κ1) is 19.9. The molecule has 2 aromatic carbocycles. The molecule has 4 nitrogen and oxygen atoms in total. The van der Waals surface area contributed by atoms with E-state index in [1.165, 1.54) is 0 Å². The van der Waals surface area contributed by atoms with Crippen LogP contribution in [0.15, 0.2) is 36.4 Å². The first-order chi connectivity index (χ1) is 12.1. The van der Waals surface area contributed by atoms with Crippen molar-refractivity contribution in [3.8, 4) is 11.5 Å². The second kappa shape index (κ2) is 9.88. The van der Waals surface area contributed by atoms with Gasteiger partial charge in [-0.25, -0.2) is 0 Å². The van der Waals surface area contributed by atoms with Gasteiger partial charge in [-0.3, -0.25) is 0 Å². The van der Waals surface area contributed by atoms with E-state index in [1.807, 2.05) is 31.2 Å². The number of hydrogen-bond donors (Lipinski definition) is 2. The summed E-state index contributed by atoms with van der Waals surface area (Å²) in [6.45, 7) is 3.00. The van der Waals surface area contributed by atoms with Crippen molar-refractivity contribution in [3.05, 3.63) is 57.6 Å². The fourth-order valence-electron chi connectivity index (χ4n) is 2.41. The van der Waals surface area contributed by atoms with E-state index in [1.54, 1.807) is 19.2 Å². The quantitative estimate of drug-likeness (QED) is 0.671. The molecular weight excluding hydrogens is 361 g/mol. The van der Waals surface area contributed by atoms with Crippen LogP contribution in [-0.2, 0) is 13.2 Å². The molecule has 2 aromatic rings. The lowest BCUT2D eigenvalue weighted by Gasteiger charge is -2.18. The summed E-state index contributed by atoms with van der Waals surface area (Å²) >= 11 is 12.1. The highest BCUT2D eigenvalue weighted by molar-refractivity contribution is 6.35. The number of halogens is 2. The molecule has 0 aromatic heterocycles. The summed E-state index contributed by atoms with van der Waals surface area (Å²) in [5.41, 5.74) is 1.80. The Labute approximate surface area is 158 Å². The molecule has 0 radical (unpaired) electrons. The smallest absolute Gasteiger partial charge is 0.166 e. The molecule has 2 N–H and O–H groups in total. The van der Waals surface area contributed by atoms with Crippen LogP contribution in [-0.4, -0.2) is 24.9 Å². The average Bonchev–Trinajstić information content (AvgIpc) is 2.62. The molecule has 0 aliphatic rings. The largest absolute Gasteiger partial charge is 0.493 e. The number of rotatable bonds is 9. The van der Waals surface area contributed by atoms with Crippen LogP contribution in [0, 0.1) is 0 Å². The monoisotopic (exact) mass is 383 g/mol. The number of methoxy groups -OCH3 is 1. The van der Waals surface area contributed by atoms with E-state index < -0.39 is 0 Å². The van der Waals surface area contributed by atoms with Crippen LogP contribution in [0.25, 0.3) is 0 Å². The Kier molecular flexibility index (Phi) is 7.85. The van der Waals surface area contributed by atoms with Crippen LogP contribution < -0.4 is 14.8 Å². The van der Waals surface area contributed by atoms with Gasteiger partial charge in [0.25, 0.3) is 0 Å². The molecule has 0 spiro atoms. The predicted octanol–water partition coefficient (Wildman–Crippen LogP) is 4.44. The first-order valence-electron chi connectivity index (χ1n) is 8.15. The molecule has 0 heterocycles. The van der Waals surface area contributed by atoms with Crippen molar-refractivity contribution in [1.82, 2.24) is 5.32 Å². The molecule has 136 valence electrons. The van der Waals surface area contributed by atoms with Crippen molar-refractivity contribution < 1.29 is 14.6 Å². The van der Waals surface area contributed by atoms with E-state index in [0.29, 0.717) is 34.7 Å². The lowest BCUT2D eigenvalue weighted by molar-refractivity contribution is 0.236. The van der Waals surface area contributed by atoms with Crippen LogP contribution in [0.1, 0.15) is 24.5 Å². The number of benzene rings is 2. The van der Waals surface area contributed by atoms with Gasteiger partial charge >= 0.3 is 0 Å². The minimum atomic E-state index is 0.0461. The Balaban J connectivity index is 2.16. The van der Waals surface area contributed by atoms with Gasteiger partial charge in [0.2, 0.25) is 0 Å². The van der Waals surface area contributed by atoms with Crippen molar-refractivity contribution in [3.63, 3.8) is 0 Å². The maximum atomic E-state index is 9.34. The minimum Gasteiger partial charge on any atom is -0.493 e. The molecule has 0 aliphatic carbocycles. The number of hydrogen-bond acceptors (Lipinski definition) is 4. The molecule has 0 amide bonds. The molecular formula is C19H23Cl2NO3. The molecule has 1 atom stereocenters. The van der Waals surface area contributed by atoms with E-state index >= 15 is 0 Å². The zero-order valence-electron chi connectivity index (χ0n) is 14.4. The number of aliphatic hydroxyl groups excluding tert-OH is 1. The number of nitrogens with one attached hydrogen (secondary N) is 1. The van der Waals surface area contributed by atoms with Crippen LogP contribution in [0.5, 0.6) is 11.5 Å². The van der Waals surface area contributed by atoms with E-state index in [-0.39, 0.29) is 12.6 Å². The summed E-state index contributed by atoms with van der Waals surface area (Å²) in [7, 11) is 1.61. The second-order valence-electron chi connectivity index (χ2n) is 5.64. The van der Waals surface area contributed by atoms with Crippen LogP contribution in [0.4, 0.5) is 0 Å². The maximum Gasteiger partial charge on any atom is 0.166 e. The third-order valence-corrected chi connectivity index (χ3v) is 4.55. The Hall–Kier alpha value is -1.46. The van der Waals surface area contributed by atoms with E-state index in [4.69, 9.17) is 32.7 Å². The van der Waals surface area contributed by atoms with Gasteiger partial charge in [-0.05, 0) is 24.6 Å². The van der Waals surface area contributed by atoms with Gasteiger partial charge in [-0.15, -0.1) is 0 Å². The van der Waals surface area contributed by atoms with Crippen molar-refractivity contribution >= 4 is 23.2 Å². The molecule has 0 saturated carbocycles. The third-order valence-electron chi connectivity index (χ3n) is 3.96. The van der Waals surface area contributed by atoms with Gasteiger partial charge in [0.1, 0.15) is 6.61 Å². The lowest BCUT2D eigenvalue weighted by atomic mass is 10.1. The SMILES string of the molecule is CC[C@@H](CO)NCc1cccc(OC)c1OCc1ccc(Cl)cc1Cl. The molecule has 0 bridgehead atoms. The normalized spacial score (nSPS) is 12.0. The third kappa shape index (κ3) is 5.51. The van der Waals surface area contributed by atoms with Crippen molar-refractivity contribution in [2.24, 2.45) is 0 Å². The Morgan fingerprint density at radius 2 is 1.96 bits per heavy atom. The Morgan fingerprint density at radius 3 is 2.60 bits per heavy atom. The molecule has 0 saturated heterocycles. The van der Waals surface area contributed by atoms with Crippen molar-refractivity contribution in [1.29, 1.82) is 0 Å². The summed E-state index contributed by atoms with van der Waals surface area (Å²) in [4.78, 5) is 0. The molecule has 6 heteroatoms. The second-order valence-corrected chi connectivity index (χ2v) is 6.49. The van der Waals surface area contributed by atoms with Gasteiger partial charge in [-0.1, -0.05) is 48.3 Å². The highest BCUT2D eigenvalue weighted by atomic mass is 35.5. The molecule has 2 rings (SSSR count). The summed E-state index contributed by atoms with van der Waals surface area (Å²) in [5.74, 6) is 1.32. The number of aliphatic hydroxyl groups is 1. The Morgan fingerprint density at radius 1 is 1.16 bits per heavy atom. The molecule has 0 unspecified atom stereocenters. The minimum absolute atomic E-state index is 0.0461. The number of para-hydroxylation sites is 1. The van der Waals surface area contributed by atoms with Crippen LogP contribution in [0.2, 0.25) is 10.0 Å². The van der Waals surface area contributed by atoms with Gasteiger partial charge in [0.15, 0.2) is 11.5 Å². The zero-order chi connectivity index (χ0) is 18.2. The van der Waals surface area contributed by atoms with E-state index in [0.717, 1.165) is 17.5 Å². The molecule has 0 fully saturated rings. The molecule has 0 aliphatic heterocycles. The lowest BCUT2D eigenvalue weighted by Crippen LogP contribution is -2.31. The topological polar surface area (TPSA) is 50.7 Å². The fourth-order valence-corrected chi connectivity index (χ4v) is 2.87. The fraction of sp³-hybridized carbons (Fsp3) is 0.368. The first-order valence-corrected chi connectivity index (χ1v) is 8.91. The standard InChI is InChI=1S/C19H23Cl2NO3/c1-3-16(11-23)22-10-13-5-4-6-18(24-2)19(13)25-12-14-7-8-15(20)9-17(14)21/h4-9,16,22-23H,3,10-12H2,1-2H3/t16-/m0/s1. The molecule has 25 heavy (non-hydrogen) atoms.